The van der Waals surface area contributed by atoms with E-state index in [1.54, 1.807) is 0 Å². The molecule has 0 heterocycles. The van der Waals surface area contributed by atoms with E-state index >= 15 is 0 Å². The summed E-state index contributed by atoms with van der Waals surface area (Å²) in [6.07, 6.45) is 30.9. The van der Waals surface area contributed by atoms with Gasteiger partial charge in [-0.1, -0.05) is 156 Å². The fourth-order valence-electron chi connectivity index (χ4n) is 4.84. The molecule has 206 valence electrons. The molecule has 0 N–H and O–H groups in total. The number of unbranched alkanes of at least 4 members (excludes halogenated alkanes) is 19. The Kier molecular flexibility index (Phi) is 25.9. The summed E-state index contributed by atoms with van der Waals surface area (Å²) in [5.74, 6) is 0.0489. The van der Waals surface area contributed by atoms with Crippen molar-refractivity contribution < 1.29 is 9.47 Å². The molecule has 0 aromatic rings. The van der Waals surface area contributed by atoms with Gasteiger partial charge in [0.15, 0.2) is 5.79 Å². The molecule has 0 aromatic heterocycles. The van der Waals surface area contributed by atoms with Crippen molar-refractivity contribution in [2.45, 2.75) is 188 Å². The molecule has 0 spiro atoms. The Morgan fingerprint density at radius 3 is 1.09 bits per heavy atom. The normalized spacial score (nSPS) is 13.0. The van der Waals surface area contributed by atoms with E-state index in [4.69, 9.17) is 9.47 Å². The second-order valence-corrected chi connectivity index (χ2v) is 11.1. The first kappa shape index (κ1) is 33.9. The lowest BCUT2D eigenvalue weighted by atomic mass is 9.94. The van der Waals surface area contributed by atoms with Crippen LogP contribution in [0.2, 0.25) is 0 Å². The maximum absolute atomic E-state index is 6.48. The third-order valence-electron chi connectivity index (χ3n) is 7.66. The molecule has 34 heavy (non-hydrogen) atoms. The van der Waals surface area contributed by atoms with Gasteiger partial charge in [-0.2, -0.15) is 0 Å². The highest BCUT2D eigenvalue weighted by atomic mass is 16.7. The minimum atomic E-state index is -0.411. The van der Waals surface area contributed by atoms with Gasteiger partial charge in [0, 0.05) is 5.92 Å². The summed E-state index contributed by atoms with van der Waals surface area (Å²) in [4.78, 5) is 0. The molecule has 1 unspecified atom stereocenters. The van der Waals surface area contributed by atoms with Crippen molar-refractivity contribution in [2.24, 2.45) is 5.92 Å². The molecule has 0 aliphatic carbocycles. The summed E-state index contributed by atoms with van der Waals surface area (Å²) >= 11 is 0. The van der Waals surface area contributed by atoms with Gasteiger partial charge in [0.05, 0.1) is 13.2 Å². The SMILES string of the molecule is CCCCCCCCCCOC(C)(OCCCCCCCCCC)C(C)CCCCCCCC. The van der Waals surface area contributed by atoms with Gasteiger partial charge >= 0.3 is 0 Å². The summed E-state index contributed by atoms with van der Waals surface area (Å²) in [6, 6.07) is 0. The van der Waals surface area contributed by atoms with Crippen LogP contribution in [0.15, 0.2) is 0 Å². The molecule has 0 saturated heterocycles. The molecule has 0 rings (SSSR count). The minimum absolute atomic E-state index is 0.411. The first-order valence-corrected chi connectivity index (χ1v) is 15.9. The molecule has 0 aliphatic heterocycles. The molecule has 0 radical (unpaired) electrons. The first-order chi connectivity index (χ1) is 16.6. The first-order valence-electron chi connectivity index (χ1n) is 15.9. The molecule has 0 bridgehead atoms. The lowest BCUT2D eigenvalue weighted by Crippen LogP contribution is -2.40. The minimum Gasteiger partial charge on any atom is -0.350 e. The van der Waals surface area contributed by atoms with E-state index in [9.17, 15) is 0 Å². The van der Waals surface area contributed by atoms with Crippen molar-refractivity contribution in [1.29, 1.82) is 0 Å². The highest BCUT2D eigenvalue weighted by Gasteiger charge is 2.32. The second-order valence-electron chi connectivity index (χ2n) is 11.1. The van der Waals surface area contributed by atoms with Gasteiger partial charge in [-0.05, 0) is 26.2 Å². The van der Waals surface area contributed by atoms with Crippen LogP contribution in [0.3, 0.4) is 0 Å². The molecule has 0 saturated carbocycles. The molecular weight excluding hydrogens is 416 g/mol. The topological polar surface area (TPSA) is 18.5 Å². The number of ether oxygens (including phenoxy) is 2. The molecule has 1 atom stereocenters. The zero-order chi connectivity index (χ0) is 25.2. The predicted molar refractivity (Wildman–Crippen MR) is 153 cm³/mol. The van der Waals surface area contributed by atoms with Gasteiger partial charge in [-0.15, -0.1) is 0 Å². The molecule has 0 fully saturated rings. The zero-order valence-electron chi connectivity index (χ0n) is 24.6. The van der Waals surface area contributed by atoms with Gasteiger partial charge in [-0.3, -0.25) is 0 Å². The molecule has 0 amide bonds. The average Bonchev–Trinajstić information content (AvgIpc) is 2.84. The van der Waals surface area contributed by atoms with Crippen molar-refractivity contribution in [1.82, 2.24) is 0 Å². The van der Waals surface area contributed by atoms with E-state index in [0.29, 0.717) is 5.92 Å². The monoisotopic (exact) mass is 483 g/mol. The largest absolute Gasteiger partial charge is 0.350 e. The fraction of sp³-hybridized carbons (Fsp3) is 1.00. The Balaban J connectivity index is 4.23. The van der Waals surface area contributed by atoms with Crippen LogP contribution in [0.1, 0.15) is 182 Å². The molecule has 0 aromatic carbocycles. The Labute approximate surface area is 216 Å². The number of hydrogen-bond donors (Lipinski definition) is 0. The van der Waals surface area contributed by atoms with E-state index in [-0.39, 0.29) is 0 Å². The van der Waals surface area contributed by atoms with Crippen LogP contribution in [0.5, 0.6) is 0 Å². The van der Waals surface area contributed by atoms with Gasteiger partial charge < -0.3 is 9.47 Å². The second kappa shape index (κ2) is 26.0. The Bertz CT molecular complexity index is 359. The summed E-state index contributed by atoms with van der Waals surface area (Å²) in [5.41, 5.74) is 0. The number of rotatable bonds is 28. The van der Waals surface area contributed by atoms with E-state index in [0.717, 1.165) is 13.2 Å². The highest BCUT2D eigenvalue weighted by molar-refractivity contribution is 4.72. The molecule has 2 heteroatoms. The third-order valence-corrected chi connectivity index (χ3v) is 7.66. The van der Waals surface area contributed by atoms with E-state index in [1.165, 1.54) is 148 Å². The van der Waals surface area contributed by atoms with Crippen LogP contribution in [-0.4, -0.2) is 19.0 Å². The molecular formula is C32H66O2. The quantitative estimate of drug-likeness (QED) is 0.0815. The third kappa shape index (κ3) is 21.2. The van der Waals surface area contributed by atoms with Crippen molar-refractivity contribution >= 4 is 0 Å². The Hall–Kier alpha value is -0.0800. The maximum atomic E-state index is 6.48. The average molecular weight is 483 g/mol. The van der Waals surface area contributed by atoms with Crippen LogP contribution in [0.4, 0.5) is 0 Å². The number of hydrogen-bond acceptors (Lipinski definition) is 2. The summed E-state index contributed by atoms with van der Waals surface area (Å²) in [7, 11) is 0. The van der Waals surface area contributed by atoms with Crippen LogP contribution < -0.4 is 0 Å². The van der Waals surface area contributed by atoms with E-state index in [1.807, 2.05) is 0 Å². The van der Waals surface area contributed by atoms with Gasteiger partial charge in [-0.25, -0.2) is 0 Å². The Morgan fingerprint density at radius 1 is 0.441 bits per heavy atom. The van der Waals surface area contributed by atoms with Crippen LogP contribution in [0.25, 0.3) is 0 Å². The van der Waals surface area contributed by atoms with Crippen molar-refractivity contribution in [3.8, 4) is 0 Å². The van der Waals surface area contributed by atoms with E-state index in [2.05, 4.69) is 34.6 Å². The van der Waals surface area contributed by atoms with Crippen molar-refractivity contribution in [3.05, 3.63) is 0 Å². The predicted octanol–water partition coefficient (Wildman–Crippen LogP) is 11.4. The summed E-state index contributed by atoms with van der Waals surface area (Å²) in [6.45, 7) is 13.2. The standard InChI is InChI=1S/C32H66O2/c1-6-9-12-15-18-20-23-26-29-33-32(5,31(4)28-25-22-17-14-11-8-3)34-30-27-24-21-19-16-13-10-7-2/h31H,6-30H2,1-5H3. The summed E-state index contributed by atoms with van der Waals surface area (Å²) < 4.78 is 13.0. The van der Waals surface area contributed by atoms with Gasteiger partial charge in [0.1, 0.15) is 0 Å². The van der Waals surface area contributed by atoms with Crippen LogP contribution in [0, 0.1) is 5.92 Å². The summed E-state index contributed by atoms with van der Waals surface area (Å²) in [5, 5.41) is 0. The fourth-order valence-corrected chi connectivity index (χ4v) is 4.84. The highest BCUT2D eigenvalue weighted by Crippen LogP contribution is 2.29. The van der Waals surface area contributed by atoms with Crippen LogP contribution in [-0.2, 0) is 9.47 Å². The Morgan fingerprint density at radius 2 is 0.735 bits per heavy atom. The van der Waals surface area contributed by atoms with Gasteiger partial charge in [0.25, 0.3) is 0 Å². The van der Waals surface area contributed by atoms with Gasteiger partial charge in [0.2, 0.25) is 0 Å². The van der Waals surface area contributed by atoms with E-state index < -0.39 is 5.79 Å². The van der Waals surface area contributed by atoms with Crippen molar-refractivity contribution in [2.75, 3.05) is 13.2 Å². The maximum Gasteiger partial charge on any atom is 0.167 e. The lowest BCUT2D eigenvalue weighted by Gasteiger charge is -2.36. The molecule has 0 aliphatic rings. The van der Waals surface area contributed by atoms with Crippen LogP contribution >= 0.6 is 0 Å². The smallest absolute Gasteiger partial charge is 0.167 e. The zero-order valence-corrected chi connectivity index (χ0v) is 24.6. The van der Waals surface area contributed by atoms with Crippen molar-refractivity contribution in [3.63, 3.8) is 0 Å². The molecule has 2 nitrogen and oxygen atoms in total. The lowest BCUT2D eigenvalue weighted by molar-refractivity contribution is -0.255.